The lowest BCUT2D eigenvalue weighted by molar-refractivity contribution is -0.137. The molecule has 3 N–H and O–H groups in total. The minimum atomic E-state index is -0.971. The van der Waals surface area contributed by atoms with Gasteiger partial charge in [-0.2, -0.15) is 0 Å². The molecule has 1 atom stereocenters. The van der Waals surface area contributed by atoms with Crippen LogP contribution in [0, 0.1) is 6.92 Å². The summed E-state index contributed by atoms with van der Waals surface area (Å²) in [6.07, 6.45) is 1.03. The molecule has 2 aromatic carbocycles. The smallest absolute Gasteiger partial charge is 0.305 e. The molecule has 0 radical (unpaired) electrons. The summed E-state index contributed by atoms with van der Waals surface area (Å²) in [5.74, 6) is 0.976. The summed E-state index contributed by atoms with van der Waals surface area (Å²) in [5.41, 5.74) is 2.33. The fourth-order valence-electron chi connectivity index (χ4n) is 3.65. The summed E-state index contributed by atoms with van der Waals surface area (Å²) < 4.78 is 11.2. The zero-order chi connectivity index (χ0) is 25.8. The van der Waals surface area contributed by atoms with Crippen LogP contribution in [0.25, 0.3) is 0 Å². The molecule has 1 aromatic heterocycles. The second-order valence-corrected chi connectivity index (χ2v) is 8.37. The van der Waals surface area contributed by atoms with Crippen LogP contribution in [0.1, 0.15) is 41.4 Å². The Labute approximate surface area is 211 Å². The number of benzene rings is 2. The van der Waals surface area contributed by atoms with E-state index in [1.165, 1.54) is 0 Å². The van der Waals surface area contributed by atoms with Crippen LogP contribution in [0.4, 0.5) is 5.82 Å². The summed E-state index contributed by atoms with van der Waals surface area (Å²) in [7, 11) is 0. The van der Waals surface area contributed by atoms with Crippen molar-refractivity contribution in [1.29, 1.82) is 0 Å². The van der Waals surface area contributed by atoms with Gasteiger partial charge in [0, 0.05) is 23.8 Å². The van der Waals surface area contributed by atoms with Gasteiger partial charge in [0.15, 0.2) is 0 Å². The van der Waals surface area contributed by atoms with Crippen molar-refractivity contribution in [1.82, 2.24) is 10.3 Å². The van der Waals surface area contributed by atoms with E-state index in [1.54, 1.807) is 24.3 Å². The standard InChI is InChI=1S/C28H33N3O5/c1-3-35-24-14-10-22(11-15-24)28(34)31-23(19-27(32)33)18-21-8-12-25(13-9-21)36-17-5-16-29-26-7-4-6-20(2)30-26/h4,6-15,23H,3,5,16-19H2,1-2H3,(H,29,30)(H,31,34)(H,32,33). The van der Waals surface area contributed by atoms with Crippen LogP contribution in [-0.2, 0) is 11.2 Å². The van der Waals surface area contributed by atoms with Crippen molar-refractivity contribution in [3.63, 3.8) is 0 Å². The third-order valence-corrected chi connectivity index (χ3v) is 5.37. The Bertz CT molecular complexity index is 1120. The van der Waals surface area contributed by atoms with Gasteiger partial charge >= 0.3 is 5.97 Å². The van der Waals surface area contributed by atoms with E-state index in [4.69, 9.17) is 9.47 Å². The molecule has 0 aliphatic rings. The van der Waals surface area contributed by atoms with Crippen molar-refractivity contribution in [3.8, 4) is 11.5 Å². The van der Waals surface area contributed by atoms with E-state index in [2.05, 4.69) is 15.6 Å². The lowest BCUT2D eigenvalue weighted by Gasteiger charge is -2.18. The Morgan fingerprint density at radius 2 is 1.67 bits per heavy atom. The number of rotatable bonds is 14. The summed E-state index contributed by atoms with van der Waals surface area (Å²) in [5, 5.41) is 15.4. The van der Waals surface area contributed by atoms with Crippen LogP contribution in [0.15, 0.2) is 66.7 Å². The van der Waals surface area contributed by atoms with Crippen LogP contribution in [0.5, 0.6) is 11.5 Å². The van der Waals surface area contributed by atoms with Gasteiger partial charge in [0.05, 0.1) is 19.6 Å². The fraction of sp³-hybridized carbons (Fsp3) is 0.321. The molecular weight excluding hydrogens is 458 g/mol. The quantitative estimate of drug-likeness (QED) is 0.285. The van der Waals surface area contributed by atoms with Crippen molar-refractivity contribution < 1.29 is 24.2 Å². The number of anilines is 1. The van der Waals surface area contributed by atoms with Gasteiger partial charge in [-0.25, -0.2) is 4.98 Å². The Balaban J connectivity index is 1.47. The lowest BCUT2D eigenvalue weighted by Crippen LogP contribution is -2.38. The number of hydrogen-bond acceptors (Lipinski definition) is 6. The maximum absolute atomic E-state index is 12.7. The van der Waals surface area contributed by atoms with Crippen molar-refractivity contribution in [2.24, 2.45) is 0 Å². The van der Waals surface area contributed by atoms with Gasteiger partial charge in [0.2, 0.25) is 0 Å². The number of carbonyl (C=O) groups is 2. The van der Waals surface area contributed by atoms with Gasteiger partial charge in [-0.3, -0.25) is 9.59 Å². The molecule has 1 unspecified atom stereocenters. The van der Waals surface area contributed by atoms with E-state index in [9.17, 15) is 14.7 Å². The Kier molecular flexibility index (Phi) is 10.1. The van der Waals surface area contributed by atoms with Gasteiger partial charge in [-0.05, 0) is 80.8 Å². The van der Waals surface area contributed by atoms with Gasteiger partial charge < -0.3 is 25.2 Å². The first kappa shape index (κ1) is 26.5. The van der Waals surface area contributed by atoms with E-state index >= 15 is 0 Å². The number of hydrogen-bond donors (Lipinski definition) is 3. The number of carboxylic acids is 1. The number of aromatic nitrogens is 1. The molecule has 0 saturated carbocycles. The summed E-state index contributed by atoms with van der Waals surface area (Å²) in [6, 6.07) is 19.6. The molecule has 3 rings (SSSR count). The van der Waals surface area contributed by atoms with E-state index in [-0.39, 0.29) is 12.3 Å². The molecule has 1 amide bonds. The third-order valence-electron chi connectivity index (χ3n) is 5.37. The molecule has 0 spiro atoms. The molecule has 0 saturated heterocycles. The molecule has 0 fully saturated rings. The molecule has 1 heterocycles. The molecule has 8 nitrogen and oxygen atoms in total. The number of nitrogens with one attached hydrogen (secondary N) is 2. The van der Waals surface area contributed by atoms with Gasteiger partial charge in [0.1, 0.15) is 17.3 Å². The maximum Gasteiger partial charge on any atom is 0.305 e. The number of aryl methyl sites for hydroxylation is 1. The van der Waals surface area contributed by atoms with Crippen molar-refractivity contribution in [2.45, 2.75) is 39.2 Å². The first-order valence-electron chi connectivity index (χ1n) is 12.1. The van der Waals surface area contributed by atoms with Crippen LogP contribution in [-0.4, -0.2) is 47.8 Å². The molecule has 0 aliphatic carbocycles. The third kappa shape index (κ3) is 8.94. The fourth-order valence-corrected chi connectivity index (χ4v) is 3.65. The summed E-state index contributed by atoms with van der Waals surface area (Å²) in [6.45, 7) is 5.69. The largest absolute Gasteiger partial charge is 0.494 e. The second kappa shape index (κ2) is 13.7. The minimum Gasteiger partial charge on any atom is -0.494 e. The van der Waals surface area contributed by atoms with Gasteiger partial charge in [-0.1, -0.05) is 18.2 Å². The Morgan fingerprint density at radius 3 is 2.33 bits per heavy atom. The summed E-state index contributed by atoms with van der Waals surface area (Å²) in [4.78, 5) is 28.4. The van der Waals surface area contributed by atoms with Crippen LogP contribution >= 0.6 is 0 Å². The van der Waals surface area contributed by atoms with Crippen LogP contribution in [0.3, 0.4) is 0 Å². The van der Waals surface area contributed by atoms with Gasteiger partial charge in [-0.15, -0.1) is 0 Å². The highest BCUT2D eigenvalue weighted by atomic mass is 16.5. The predicted molar refractivity (Wildman–Crippen MR) is 139 cm³/mol. The number of carboxylic acid groups (broad SMARTS) is 1. The molecule has 190 valence electrons. The highest BCUT2D eigenvalue weighted by Crippen LogP contribution is 2.16. The van der Waals surface area contributed by atoms with Crippen molar-refractivity contribution in [3.05, 3.63) is 83.6 Å². The first-order chi connectivity index (χ1) is 17.4. The zero-order valence-electron chi connectivity index (χ0n) is 20.7. The molecule has 3 aromatic rings. The van der Waals surface area contributed by atoms with Gasteiger partial charge in [0.25, 0.3) is 5.91 Å². The number of ether oxygens (including phenoxy) is 2. The van der Waals surface area contributed by atoms with E-state index in [0.29, 0.717) is 30.9 Å². The SMILES string of the molecule is CCOc1ccc(C(=O)NC(CC(=O)O)Cc2ccc(OCCCNc3cccc(C)n3)cc2)cc1. The number of nitrogens with zero attached hydrogens (tertiary/aromatic N) is 1. The number of amides is 1. The monoisotopic (exact) mass is 491 g/mol. The first-order valence-corrected chi connectivity index (χ1v) is 12.1. The zero-order valence-corrected chi connectivity index (χ0v) is 20.7. The number of aliphatic carboxylic acids is 1. The normalized spacial score (nSPS) is 11.4. The average Bonchev–Trinajstić information content (AvgIpc) is 2.85. The summed E-state index contributed by atoms with van der Waals surface area (Å²) >= 11 is 0. The van der Waals surface area contributed by atoms with E-state index in [1.807, 2.05) is 56.3 Å². The average molecular weight is 492 g/mol. The highest BCUT2D eigenvalue weighted by Gasteiger charge is 2.18. The Hall–Kier alpha value is -4.07. The minimum absolute atomic E-state index is 0.177. The molecule has 8 heteroatoms. The molecular formula is C28H33N3O5. The molecule has 36 heavy (non-hydrogen) atoms. The van der Waals surface area contributed by atoms with E-state index < -0.39 is 12.0 Å². The maximum atomic E-state index is 12.7. The van der Waals surface area contributed by atoms with Crippen molar-refractivity contribution in [2.75, 3.05) is 25.1 Å². The van der Waals surface area contributed by atoms with Crippen LogP contribution in [0.2, 0.25) is 0 Å². The predicted octanol–water partition coefficient (Wildman–Crippen LogP) is 4.49. The van der Waals surface area contributed by atoms with E-state index in [0.717, 1.165) is 35.8 Å². The second-order valence-electron chi connectivity index (χ2n) is 8.37. The topological polar surface area (TPSA) is 110 Å². The van der Waals surface area contributed by atoms with Crippen LogP contribution < -0.4 is 20.1 Å². The number of carbonyl (C=O) groups excluding carboxylic acids is 1. The molecule has 0 bridgehead atoms. The highest BCUT2D eigenvalue weighted by molar-refractivity contribution is 5.94. The Morgan fingerprint density at radius 1 is 0.972 bits per heavy atom. The number of pyridine rings is 1. The molecule has 0 aliphatic heterocycles. The van der Waals surface area contributed by atoms with Crippen molar-refractivity contribution >= 4 is 17.7 Å². The lowest BCUT2D eigenvalue weighted by atomic mass is 10.0.